The van der Waals surface area contributed by atoms with Crippen LogP contribution in [0.2, 0.25) is 0 Å². The number of rotatable bonds is 3. The first-order valence-electron chi connectivity index (χ1n) is 7.98. The van der Waals surface area contributed by atoms with E-state index in [1.807, 2.05) is 0 Å². The molecule has 1 aliphatic rings. The van der Waals surface area contributed by atoms with Crippen LogP contribution in [0.5, 0.6) is 0 Å². The molecule has 0 bridgehead atoms. The Morgan fingerprint density at radius 3 is 2.71 bits per heavy atom. The minimum atomic E-state index is -3.51. The van der Waals surface area contributed by atoms with Gasteiger partial charge >= 0.3 is 0 Å². The third-order valence-electron chi connectivity index (χ3n) is 4.60. The van der Waals surface area contributed by atoms with Gasteiger partial charge < -0.3 is 9.67 Å². The lowest BCUT2D eigenvalue weighted by Gasteiger charge is -2.29. The quantitative estimate of drug-likeness (QED) is 0.601. The molecule has 3 rings (SSSR count). The van der Waals surface area contributed by atoms with Crippen molar-refractivity contribution in [3.63, 3.8) is 0 Å². The number of halogens is 5. The molecule has 0 radical (unpaired) electrons. The summed E-state index contributed by atoms with van der Waals surface area (Å²) < 4.78 is 85.0. The fraction of sp³-hybridized carbons (Fsp3) is 0.353. The Morgan fingerprint density at radius 2 is 2.11 bits per heavy atom. The first-order valence-corrected chi connectivity index (χ1v) is 9.90. The Labute approximate surface area is 157 Å². The van der Waals surface area contributed by atoms with Crippen molar-refractivity contribution in [2.75, 3.05) is 6.26 Å². The lowest BCUT2D eigenvalue weighted by atomic mass is 9.91. The number of aliphatic hydroxyl groups excluding tert-OH is 1. The first kappa shape index (κ1) is 20.3. The zero-order valence-electron chi connectivity index (χ0n) is 14.4. The van der Waals surface area contributed by atoms with Crippen molar-refractivity contribution in [1.82, 2.24) is 4.57 Å². The molecule has 2 aromatic rings. The molecule has 0 saturated carbocycles. The van der Waals surface area contributed by atoms with Crippen molar-refractivity contribution in [3.05, 3.63) is 47.0 Å². The SMILES string of the molecule is CS(=O)(=NC#N)c1cn(-c2ccc(F)c(C(F)F)c2)c2c1[C@H](O)C(F)(F)CC2. The van der Waals surface area contributed by atoms with Crippen LogP contribution in [0.4, 0.5) is 22.0 Å². The molecule has 5 nitrogen and oxygen atoms in total. The number of fused-ring (bicyclic) bond motifs is 1. The van der Waals surface area contributed by atoms with Gasteiger partial charge in [0, 0.05) is 35.8 Å². The molecule has 2 atom stereocenters. The molecule has 1 unspecified atom stereocenters. The number of hydrogen-bond donors (Lipinski definition) is 1. The molecule has 28 heavy (non-hydrogen) atoms. The molecule has 1 heterocycles. The highest BCUT2D eigenvalue weighted by atomic mass is 32.2. The zero-order chi connectivity index (χ0) is 20.9. The van der Waals surface area contributed by atoms with Crippen LogP contribution in [-0.2, 0) is 16.1 Å². The topological polar surface area (TPSA) is 78.4 Å². The van der Waals surface area contributed by atoms with Gasteiger partial charge in [-0.1, -0.05) is 0 Å². The van der Waals surface area contributed by atoms with Crippen molar-refractivity contribution in [1.29, 1.82) is 5.26 Å². The van der Waals surface area contributed by atoms with Crippen LogP contribution in [0, 0.1) is 17.3 Å². The van der Waals surface area contributed by atoms with Crippen molar-refractivity contribution in [3.8, 4) is 11.9 Å². The van der Waals surface area contributed by atoms with Gasteiger partial charge in [0.15, 0.2) is 0 Å². The third kappa shape index (κ3) is 3.27. The fourth-order valence-electron chi connectivity index (χ4n) is 3.22. The Balaban J connectivity index is 2.32. The molecular weight excluding hydrogens is 405 g/mol. The van der Waals surface area contributed by atoms with Gasteiger partial charge in [0.1, 0.15) is 11.9 Å². The van der Waals surface area contributed by atoms with Gasteiger partial charge in [-0.3, -0.25) is 0 Å². The van der Waals surface area contributed by atoms with Gasteiger partial charge in [-0.05, 0) is 24.6 Å². The molecule has 1 aromatic heterocycles. The monoisotopic (exact) mass is 419 g/mol. The van der Waals surface area contributed by atoms with E-state index in [0.717, 1.165) is 30.7 Å². The first-order chi connectivity index (χ1) is 13.0. The summed E-state index contributed by atoms with van der Waals surface area (Å²) in [6.07, 6.45) is -2.89. The van der Waals surface area contributed by atoms with E-state index in [-0.39, 0.29) is 28.3 Å². The molecule has 0 fully saturated rings. The summed E-state index contributed by atoms with van der Waals surface area (Å²) in [5, 5.41) is 18.9. The smallest absolute Gasteiger partial charge is 0.278 e. The Morgan fingerprint density at radius 1 is 1.43 bits per heavy atom. The summed E-state index contributed by atoms with van der Waals surface area (Å²) in [6.45, 7) is 0. The number of hydrogen-bond acceptors (Lipinski definition) is 4. The summed E-state index contributed by atoms with van der Waals surface area (Å²) in [5.41, 5.74) is -1.11. The molecule has 11 heteroatoms. The van der Waals surface area contributed by atoms with Crippen LogP contribution >= 0.6 is 0 Å². The van der Waals surface area contributed by atoms with Gasteiger partial charge in [-0.2, -0.15) is 5.26 Å². The number of nitrogens with zero attached hydrogens (tertiary/aromatic N) is 3. The van der Waals surface area contributed by atoms with Crippen molar-refractivity contribution < 1.29 is 31.3 Å². The highest BCUT2D eigenvalue weighted by Gasteiger charge is 2.47. The van der Waals surface area contributed by atoms with Crippen LogP contribution in [-0.4, -0.2) is 26.1 Å². The van der Waals surface area contributed by atoms with Crippen LogP contribution < -0.4 is 0 Å². The maximum atomic E-state index is 14.1. The molecule has 1 aliphatic carbocycles. The maximum Gasteiger partial charge on any atom is 0.278 e. The van der Waals surface area contributed by atoms with Gasteiger partial charge in [0.25, 0.3) is 12.3 Å². The van der Waals surface area contributed by atoms with Crippen LogP contribution in [0.25, 0.3) is 5.69 Å². The normalized spacial score (nSPS) is 20.3. The van der Waals surface area contributed by atoms with Crippen molar-refractivity contribution in [2.24, 2.45) is 4.36 Å². The maximum absolute atomic E-state index is 14.1. The Bertz CT molecular complexity index is 1100. The summed E-state index contributed by atoms with van der Waals surface area (Å²) in [4.78, 5) is -0.293. The van der Waals surface area contributed by atoms with Crippen LogP contribution in [0.3, 0.4) is 0 Å². The second-order valence-corrected chi connectivity index (χ2v) is 8.62. The van der Waals surface area contributed by atoms with E-state index in [1.54, 1.807) is 0 Å². The third-order valence-corrected chi connectivity index (χ3v) is 6.17. The largest absolute Gasteiger partial charge is 0.382 e. The Hall–Kier alpha value is -2.45. The highest BCUT2D eigenvalue weighted by Crippen LogP contribution is 2.46. The molecule has 0 aliphatic heterocycles. The number of benzene rings is 1. The highest BCUT2D eigenvalue weighted by molar-refractivity contribution is 7.93. The number of aromatic nitrogens is 1. The summed E-state index contributed by atoms with van der Waals surface area (Å²) >= 11 is 0. The van der Waals surface area contributed by atoms with Crippen molar-refractivity contribution >= 4 is 9.73 Å². The summed E-state index contributed by atoms with van der Waals surface area (Å²) in [7, 11) is -3.48. The predicted molar refractivity (Wildman–Crippen MR) is 89.3 cm³/mol. The molecule has 0 saturated heterocycles. The average Bonchev–Trinajstić information content (AvgIpc) is 2.99. The van der Waals surface area contributed by atoms with E-state index < -0.39 is 46.0 Å². The van der Waals surface area contributed by atoms with Crippen LogP contribution in [0.1, 0.15) is 35.8 Å². The number of aliphatic hydroxyl groups is 1. The average molecular weight is 419 g/mol. The van der Waals surface area contributed by atoms with E-state index in [2.05, 4.69) is 4.36 Å². The molecule has 1 aromatic carbocycles. The summed E-state index contributed by atoms with van der Waals surface area (Å²) in [6, 6.07) is 2.81. The van der Waals surface area contributed by atoms with E-state index in [9.17, 15) is 31.3 Å². The number of alkyl halides is 4. The van der Waals surface area contributed by atoms with E-state index in [0.29, 0.717) is 0 Å². The standard InChI is InChI=1S/C17H14F5N3O2S/c1-28(27,24-8-23)13-7-25(9-2-3-11(18)10(6-9)16(19)20)12-4-5-17(21,22)15(26)14(12)13/h2-3,6-7,15-16,26H,4-5H2,1H3/t15-,28?/m0/s1. The second kappa shape index (κ2) is 6.86. The van der Waals surface area contributed by atoms with Crippen LogP contribution in [0.15, 0.2) is 33.7 Å². The van der Waals surface area contributed by atoms with Gasteiger partial charge in [0.2, 0.25) is 6.19 Å². The number of nitriles is 1. The zero-order valence-corrected chi connectivity index (χ0v) is 15.2. The lowest BCUT2D eigenvalue weighted by Crippen LogP contribution is -2.32. The van der Waals surface area contributed by atoms with Crippen molar-refractivity contribution in [2.45, 2.75) is 36.2 Å². The molecule has 0 spiro atoms. The minimum absolute atomic E-state index is 0.0174. The van der Waals surface area contributed by atoms with Gasteiger partial charge in [0.05, 0.1) is 20.2 Å². The minimum Gasteiger partial charge on any atom is -0.382 e. The van der Waals surface area contributed by atoms with E-state index in [4.69, 9.17) is 5.26 Å². The molecule has 150 valence electrons. The Kier molecular flexibility index (Phi) is 4.97. The van der Waals surface area contributed by atoms with Gasteiger partial charge in [-0.15, -0.1) is 4.36 Å². The van der Waals surface area contributed by atoms with Gasteiger partial charge in [-0.25, -0.2) is 26.2 Å². The van der Waals surface area contributed by atoms with E-state index >= 15 is 0 Å². The van der Waals surface area contributed by atoms with E-state index in [1.165, 1.54) is 10.8 Å². The molecule has 0 amide bonds. The predicted octanol–water partition coefficient (Wildman–Crippen LogP) is 4.11. The fourth-order valence-corrected chi connectivity index (χ4v) is 4.42. The second-order valence-electron chi connectivity index (χ2n) is 6.39. The molecular formula is C17H14F5N3O2S. The molecule has 1 N–H and O–H groups in total. The summed E-state index contributed by atoms with van der Waals surface area (Å²) in [5.74, 6) is -4.64. The lowest BCUT2D eigenvalue weighted by molar-refractivity contribution is -0.123.